The van der Waals surface area contributed by atoms with Crippen LogP contribution in [0.2, 0.25) is 0 Å². The quantitative estimate of drug-likeness (QED) is 0.819. The molecule has 104 valence electrons. The molecule has 2 aliphatic carbocycles. The minimum absolute atomic E-state index is 0.672. The van der Waals surface area contributed by atoms with E-state index in [0.717, 1.165) is 18.3 Å². The smallest absolute Gasteiger partial charge is 0.0252 e. The Hall–Kier alpha value is -0.530. The summed E-state index contributed by atoms with van der Waals surface area (Å²) in [5.41, 5.74) is 4.61. The predicted octanol–water partition coefficient (Wildman–Crippen LogP) is 4.06. The second-order valence-electron chi connectivity index (χ2n) is 6.22. The van der Waals surface area contributed by atoms with Gasteiger partial charge < -0.3 is 5.32 Å². The summed E-state index contributed by atoms with van der Waals surface area (Å²) in [6, 6.07) is 7.73. The number of hydrogen-bond acceptors (Lipinski definition) is 1. The average Bonchev–Trinajstić information content (AvgIpc) is 2.93. The zero-order chi connectivity index (χ0) is 13.1. The molecule has 2 heteroatoms. The maximum Gasteiger partial charge on any atom is 0.0252 e. The number of nitrogens with one attached hydrogen (secondary N) is 1. The Labute approximate surface area is 121 Å². The third-order valence-electron chi connectivity index (χ3n) is 4.76. The van der Waals surface area contributed by atoms with Crippen LogP contribution >= 0.6 is 11.6 Å². The fourth-order valence-electron chi connectivity index (χ4n) is 3.61. The SMILES string of the molecule is ClCC1CCCC(NCc2ccc3c(c2)CCC3)C1. The van der Waals surface area contributed by atoms with Gasteiger partial charge in [-0.3, -0.25) is 0 Å². The minimum atomic E-state index is 0.672. The maximum atomic E-state index is 6.00. The first-order valence-corrected chi connectivity index (χ1v) is 8.28. The highest BCUT2D eigenvalue weighted by atomic mass is 35.5. The first-order chi connectivity index (χ1) is 9.35. The van der Waals surface area contributed by atoms with Crippen molar-refractivity contribution in [3.05, 3.63) is 34.9 Å². The van der Waals surface area contributed by atoms with Crippen LogP contribution in [0.3, 0.4) is 0 Å². The van der Waals surface area contributed by atoms with E-state index in [9.17, 15) is 0 Å². The zero-order valence-corrected chi connectivity index (χ0v) is 12.4. The van der Waals surface area contributed by atoms with Crippen molar-refractivity contribution in [3.8, 4) is 0 Å². The first-order valence-electron chi connectivity index (χ1n) is 7.75. The van der Waals surface area contributed by atoms with Gasteiger partial charge in [0.05, 0.1) is 0 Å². The van der Waals surface area contributed by atoms with Crippen molar-refractivity contribution in [2.45, 2.75) is 57.5 Å². The second kappa shape index (κ2) is 6.28. The lowest BCUT2D eigenvalue weighted by atomic mass is 9.87. The van der Waals surface area contributed by atoms with Crippen LogP contribution in [0.5, 0.6) is 0 Å². The van der Waals surface area contributed by atoms with Crippen molar-refractivity contribution >= 4 is 11.6 Å². The van der Waals surface area contributed by atoms with Gasteiger partial charge in [-0.05, 0) is 61.1 Å². The molecule has 19 heavy (non-hydrogen) atoms. The Kier molecular flexibility index (Phi) is 4.45. The van der Waals surface area contributed by atoms with E-state index in [1.165, 1.54) is 50.5 Å². The van der Waals surface area contributed by atoms with Crippen molar-refractivity contribution < 1.29 is 0 Å². The molecule has 0 amide bonds. The lowest BCUT2D eigenvalue weighted by Crippen LogP contribution is -2.34. The predicted molar refractivity (Wildman–Crippen MR) is 81.8 cm³/mol. The summed E-state index contributed by atoms with van der Waals surface area (Å²) in [6.07, 6.45) is 9.13. The number of benzene rings is 1. The lowest BCUT2D eigenvalue weighted by molar-refractivity contribution is 0.303. The van der Waals surface area contributed by atoms with Gasteiger partial charge in [0.2, 0.25) is 0 Å². The van der Waals surface area contributed by atoms with Crippen LogP contribution in [-0.2, 0) is 19.4 Å². The Morgan fingerprint density at radius 3 is 2.89 bits per heavy atom. The molecule has 0 radical (unpaired) electrons. The summed E-state index contributed by atoms with van der Waals surface area (Å²) >= 11 is 6.00. The number of rotatable bonds is 4. The van der Waals surface area contributed by atoms with Crippen LogP contribution in [0, 0.1) is 5.92 Å². The monoisotopic (exact) mass is 277 g/mol. The van der Waals surface area contributed by atoms with Crippen LogP contribution in [0.15, 0.2) is 18.2 Å². The molecule has 1 fully saturated rings. The number of halogens is 1. The van der Waals surface area contributed by atoms with E-state index in [2.05, 4.69) is 23.5 Å². The molecular formula is C17H24ClN. The largest absolute Gasteiger partial charge is 0.310 e. The zero-order valence-electron chi connectivity index (χ0n) is 11.6. The summed E-state index contributed by atoms with van der Waals surface area (Å²) in [5.74, 6) is 1.56. The Bertz CT molecular complexity index is 429. The van der Waals surface area contributed by atoms with Gasteiger partial charge in [-0.1, -0.05) is 24.6 Å². The van der Waals surface area contributed by atoms with Gasteiger partial charge in [0, 0.05) is 18.5 Å². The van der Waals surface area contributed by atoms with Crippen LogP contribution in [0.1, 0.15) is 48.8 Å². The number of fused-ring (bicyclic) bond motifs is 1. The summed E-state index contributed by atoms with van der Waals surface area (Å²) in [7, 11) is 0. The van der Waals surface area contributed by atoms with Crippen LogP contribution < -0.4 is 5.32 Å². The van der Waals surface area contributed by atoms with Gasteiger partial charge in [-0.25, -0.2) is 0 Å². The van der Waals surface area contributed by atoms with Gasteiger partial charge in [-0.2, -0.15) is 0 Å². The van der Waals surface area contributed by atoms with E-state index < -0.39 is 0 Å². The van der Waals surface area contributed by atoms with E-state index in [1.807, 2.05) is 0 Å². The fourth-order valence-corrected chi connectivity index (χ4v) is 3.89. The highest BCUT2D eigenvalue weighted by molar-refractivity contribution is 6.18. The van der Waals surface area contributed by atoms with Crippen molar-refractivity contribution in [3.63, 3.8) is 0 Å². The van der Waals surface area contributed by atoms with Crippen molar-refractivity contribution in [1.29, 1.82) is 0 Å². The number of hydrogen-bond donors (Lipinski definition) is 1. The van der Waals surface area contributed by atoms with Gasteiger partial charge in [0.1, 0.15) is 0 Å². The third-order valence-corrected chi connectivity index (χ3v) is 5.20. The molecule has 3 rings (SSSR count). The summed E-state index contributed by atoms with van der Waals surface area (Å²) < 4.78 is 0. The molecule has 0 aromatic heterocycles. The second-order valence-corrected chi connectivity index (χ2v) is 6.53. The molecule has 0 spiro atoms. The van der Waals surface area contributed by atoms with Crippen LogP contribution in [0.4, 0.5) is 0 Å². The Morgan fingerprint density at radius 2 is 2.00 bits per heavy atom. The Morgan fingerprint density at radius 1 is 1.11 bits per heavy atom. The van der Waals surface area contributed by atoms with Crippen LogP contribution in [0.25, 0.3) is 0 Å². The van der Waals surface area contributed by atoms with Gasteiger partial charge in [0.25, 0.3) is 0 Å². The minimum Gasteiger partial charge on any atom is -0.310 e. The summed E-state index contributed by atoms with van der Waals surface area (Å²) in [4.78, 5) is 0. The van der Waals surface area contributed by atoms with Gasteiger partial charge in [0.15, 0.2) is 0 Å². The van der Waals surface area contributed by atoms with E-state index >= 15 is 0 Å². The van der Waals surface area contributed by atoms with Crippen molar-refractivity contribution in [1.82, 2.24) is 5.32 Å². The maximum absolute atomic E-state index is 6.00. The summed E-state index contributed by atoms with van der Waals surface area (Å²) in [5, 5.41) is 3.73. The molecule has 1 nitrogen and oxygen atoms in total. The fraction of sp³-hybridized carbons (Fsp3) is 0.647. The normalized spacial score (nSPS) is 26.4. The molecular weight excluding hydrogens is 254 g/mol. The molecule has 1 aromatic rings. The molecule has 1 aromatic carbocycles. The molecule has 1 saturated carbocycles. The van der Waals surface area contributed by atoms with Crippen molar-refractivity contribution in [2.75, 3.05) is 5.88 Å². The first kappa shape index (κ1) is 13.5. The molecule has 1 N–H and O–H groups in total. The average molecular weight is 278 g/mol. The third kappa shape index (κ3) is 3.32. The van der Waals surface area contributed by atoms with Gasteiger partial charge >= 0.3 is 0 Å². The molecule has 0 bridgehead atoms. The van der Waals surface area contributed by atoms with Gasteiger partial charge in [-0.15, -0.1) is 11.6 Å². The molecule has 2 aliphatic rings. The van der Waals surface area contributed by atoms with E-state index in [1.54, 1.807) is 11.1 Å². The molecule has 0 saturated heterocycles. The van der Waals surface area contributed by atoms with Crippen LogP contribution in [-0.4, -0.2) is 11.9 Å². The lowest BCUT2D eigenvalue weighted by Gasteiger charge is -2.28. The highest BCUT2D eigenvalue weighted by Gasteiger charge is 2.20. The molecule has 2 unspecified atom stereocenters. The standard InChI is InChI=1S/C17H24ClN/c18-11-13-3-1-6-17(10-13)19-12-14-7-8-15-4-2-5-16(15)9-14/h7-9,13,17,19H,1-6,10-12H2. The number of alkyl halides is 1. The van der Waals surface area contributed by atoms with E-state index in [4.69, 9.17) is 11.6 Å². The van der Waals surface area contributed by atoms with E-state index in [0.29, 0.717) is 6.04 Å². The summed E-state index contributed by atoms with van der Waals surface area (Å²) in [6.45, 7) is 1.02. The molecule has 2 atom stereocenters. The number of aryl methyl sites for hydroxylation is 2. The topological polar surface area (TPSA) is 12.0 Å². The highest BCUT2D eigenvalue weighted by Crippen LogP contribution is 2.26. The molecule has 0 aliphatic heterocycles. The Balaban J connectivity index is 1.54. The van der Waals surface area contributed by atoms with E-state index in [-0.39, 0.29) is 0 Å². The molecule has 0 heterocycles. The van der Waals surface area contributed by atoms with Crippen molar-refractivity contribution in [2.24, 2.45) is 5.92 Å².